The summed E-state index contributed by atoms with van der Waals surface area (Å²) >= 11 is 1.49. The molecule has 1 saturated carbocycles. The van der Waals surface area contributed by atoms with Crippen LogP contribution in [0.4, 0.5) is 0 Å². The van der Waals surface area contributed by atoms with E-state index in [0.29, 0.717) is 23.9 Å². The first kappa shape index (κ1) is 19.8. The number of carbonyl (C=O) groups excluding carboxylic acids is 2. The largest absolute Gasteiger partial charge is 0.463 e. The number of nitrogens with zero attached hydrogens (tertiary/aromatic N) is 2. The Labute approximate surface area is 175 Å². The minimum atomic E-state index is -0.364. The van der Waals surface area contributed by atoms with Crippen LogP contribution in [0.5, 0.6) is 0 Å². The Kier molecular flexibility index (Phi) is 5.50. The van der Waals surface area contributed by atoms with E-state index in [0.717, 1.165) is 34.8 Å². The van der Waals surface area contributed by atoms with Gasteiger partial charge in [0.2, 0.25) is 5.91 Å². The molecule has 7 heteroatoms. The average molecular weight is 412 g/mol. The van der Waals surface area contributed by atoms with E-state index in [2.05, 4.69) is 10.3 Å². The van der Waals surface area contributed by atoms with E-state index in [-0.39, 0.29) is 24.3 Å². The number of nitrogens with one attached hydrogen (secondary N) is 1. The van der Waals surface area contributed by atoms with Gasteiger partial charge in [0.1, 0.15) is 0 Å². The second-order valence-corrected chi connectivity index (χ2v) is 8.38. The first-order chi connectivity index (χ1) is 14.0. The Balaban J connectivity index is 1.70. The number of esters is 1. The van der Waals surface area contributed by atoms with Crippen molar-refractivity contribution in [2.45, 2.75) is 52.1 Å². The first-order valence-electron chi connectivity index (χ1n) is 9.95. The molecule has 1 amide bonds. The molecule has 3 aliphatic rings. The predicted octanol–water partition coefficient (Wildman–Crippen LogP) is 3.80. The second kappa shape index (κ2) is 8.06. The maximum Gasteiger partial charge on any atom is 0.338 e. The number of thioether (sulfide) groups is 1. The normalized spacial score (nSPS) is 20.8. The van der Waals surface area contributed by atoms with Gasteiger partial charge in [-0.1, -0.05) is 41.6 Å². The number of aliphatic imine (C=N–C) groups is 1. The molecule has 1 aromatic carbocycles. The van der Waals surface area contributed by atoms with E-state index < -0.39 is 0 Å². The molecule has 6 nitrogen and oxygen atoms in total. The second-order valence-electron chi connectivity index (χ2n) is 7.54. The topological polar surface area (TPSA) is 71.0 Å². The fourth-order valence-corrected chi connectivity index (χ4v) is 4.54. The molecule has 0 bridgehead atoms. The van der Waals surface area contributed by atoms with Crippen LogP contribution in [0.25, 0.3) is 0 Å². The summed E-state index contributed by atoms with van der Waals surface area (Å²) in [6, 6.07) is 8.07. The van der Waals surface area contributed by atoms with Gasteiger partial charge in [-0.25, -0.2) is 9.79 Å². The lowest BCUT2D eigenvalue weighted by Crippen LogP contribution is -2.38. The summed E-state index contributed by atoms with van der Waals surface area (Å²) < 4.78 is 5.35. The van der Waals surface area contributed by atoms with Crippen LogP contribution in [0, 0.1) is 6.92 Å². The van der Waals surface area contributed by atoms with Crippen molar-refractivity contribution in [3.05, 3.63) is 57.8 Å². The standard InChI is InChI=1S/C22H25N3O3S/c1-4-28-21(27)19-14(3)23-22-25(20(19)15-7-5-13(2)6-8-15)17(12-29-22)11-18(26)24-16-9-10-16/h5-8,12,16,20H,4,9-11H2,1-3H3,(H,24,26). The fourth-order valence-electron chi connectivity index (χ4n) is 3.57. The molecule has 1 unspecified atom stereocenters. The number of allylic oxidation sites excluding steroid dienone is 1. The average Bonchev–Trinajstić information content (AvgIpc) is 3.41. The minimum absolute atomic E-state index is 0.00668. The number of rotatable bonds is 6. The summed E-state index contributed by atoms with van der Waals surface area (Å²) in [6.07, 6.45) is 2.37. The molecule has 1 atom stereocenters. The van der Waals surface area contributed by atoms with Crippen molar-refractivity contribution in [2.24, 2.45) is 4.99 Å². The molecule has 29 heavy (non-hydrogen) atoms. The highest BCUT2D eigenvalue weighted by Gasteiger charge is 2.41. The third-order valence-corrected chi connectivity index (χ3v) is 6.06. The third-order valence-electron chi connectivity index (χ3n) is 5.17. The quantitative estimate of drug-likeness (QED) is 0.721. The Morgan fingerprint density at radius 2 is 1.97 bits per heavy atom. The number of fused-ring (bicyclic) bond motifs is 1. The molecule has 1 fully saturated rings. The smallest absolute Gasteiger partial charge is 0.338 e. The molecular formula is C22H25N3O3S. The van der Waals surface area contributed by atoms with Crippen molar-refractivity contribution in [1.29, 1.82) is 0 Å². The highest BCUT2D eigenvalue weighted by molar-refractivity contribution is 8.16. The van der Waals surface area contributed by atoms with E-state index in [1.54, 1.807) is 6.92 Å². The zero-order valence-electron chi connectivity index (χ0n) is 16.9. The van der Waals surface area contributed by atoms with Crippen molar-refractivity contribution < 1.29 is 14.3 Å². The molecule has 2 aliphatic heterocycles. The van der Waals surface area contributed by atoms with E-state index >= 15 is 0 Å². The summed E-state index contributed by atoms with van der Waals surface area (Å²) in [5.41, 5.74) is 4.15. The van der Waals surface area contributed by atoms with E-state index in [4.69, 9.17) is 4.74 Å². The van der Waals surface area contributed by atoms with Crippen LogP contribution < -0.4 is 5.32 Å². The molecule has 1 aromatic rings. The fraction of sp³-hybridized carbons (Fsp3) is 0.409. The van der Waals surface area contributed by atoms with Gasteiger partial charge in [-0.3, -0.25) is 4.79 Å². The lowest BCUT2D eigenvalue weighted by atomic mass is 9.93. The lowest BCUT2D eigenvalue weighted by molar-refractivity contribution is -0.139. The maximum atomic E-state index is 12.8. The van der Waals surface area contributed by atoms with Gasteiger partial charge < -0.3 is 15.0 Å². The van der Waals surface area contributed by atoms with Gasteiger partial charge in [-0.05, 0) is 44.6 Å². The summed E-state index contributed by atoms with van der Waals surface area (Å²) in [7, 11) is 0. The highest BCUT2D eigenvalue weighted by Crippen LogP contribution is 2.44. The molecule has 0 radical (unpaired) electrons. The monoisotopic (exact) mass is 411 g/mol. The van der Waals surface area contributed by atoms with Crippen LogP contribution in [0.1, 0.15) is 50.3 Å². The van der Waals surface area contributed by atoms with Gasteiger partial charge in [0.05, 0.1) is 30.3 Å². The lowest BCUT2D eigenvalue weighted by Gasteiger charge is -2.36. The molecule has 152 valence electrons. The number of carbonyl (C=O) groups is 2. The van der Waals surface area contributed by atoms with Gasteiger partial charge >= 0.3 is 5.97 Å². The van der Waals surface area contributed by atoms with Crippen LogP contribution in [0.2, 0.25) is 0 Å². The van der Waals surface area contributed by atoms with Crippen molar-refractivity contribution in [2.75, 3.05) is 6.61 Å². The van der Waals surface area contributed by atoms with Gasteiger partial charge in [-0.15, -0.1) is 0 Å². The minimum Gasteiger partial charge on any atom is -0.463 e. The number of benzene rings is 1. The Hall–Kier alpha value is -2.54. The molecule has 2 heterocycles. The number of aryl methyl sites for hydroxylation is 1. The third kappa shape index (κ3) is 4.10. The van der Waals surface area contributed by atoms with E-state index in [1.165, 1.54) is 11.8 Å². The predicted molar refractivity (Wildman–Crippen MR) is 114 cm³/mol. The van der Waals surface area contributed by atoms with E-state index in [9.17, 15) is 9.59 Å². The van der Waals surface area contributed by atoms with Gasteiger partial charge in [0.15, 0.2) is 5.17 Å². The number of hydrogen-bond acceptors (Lipinski definition) is 6. The number of hydrogen-bond donors (Lipinski definition) is 1. The van der Waals surface area contributed by atoms with Crippen LogP contribution in [0.3, 0.4) is 0 Å². The van der Waals surface area contributed by atoms with Crippen molar-refractivity contribution in [1.82, 2.24) is 10.2 Å². The SMILES string of the molecule is CCOC(=O)C1=C(C)N=C2SC=C(CC(=O)NC3CC3)N2C1c1ccc(C)cc1. The van der Waals surface area contributed by atoms with Crippen molar-refractivity contribution in [3.8, 4) is 0 Å². The molecule has 0 aromatic heterocycles. The number of ether oxygens (including phenoxy) is 1. The van der Waals surface area contributed by atoms with E-state index in [1.807, 2.05) is 48.4 Å². The number of amides is 1. The molecular weight excluding hydrogens is 386 g/mol. The van der Waals surface area contributed by atoms with Crippen LogP contribution in [0.15, 0.2) is 51.6 Å². The molecule has 0 saturated heterocycles. The molecule has 1 N–H and O–H groups in total. The Morgan fingerprint density at radius 3 is 2.62 bits per heavy atom. The number of amidine groups is 1. The molecule has 4 rings (SSSR count). The first-order valence-corrected chi connectivity index (χ1v) is 10.8. The molecule has 0 spiro atoms. The van der Waals surface area contributed by atoms with Crippen LogP contribution in [-0.4, -0.2) is 34.6 Å². The van der Waals surface area contributed by atoms with Gasteiger partial charge in [0.25, 0.3) is 0 Å². The van der Waals surface area contributed by atoms with Crippen molar-refractivity contribution >= 4 is 28.8 Å². The zero-order valence-corrected chi connectivity index (χ0v) is 17.7. The maximum absolute atomic E-state index is 12.8. The van der Waals surface area contributed by atoms with Gasteiger partial charge in [0, 0.05) is 11.7 Å². The summed E-state index contributed by atoms with van der Waals surface area (Å²) in [5, 5.41) is 5.80. The molecule has 1 aliphatic carbocycles. The van der Waals surface area contributed by atoms with Crippen LogP contribution in [-0.2, 0) is 14.3 Å². The summed E-state index contributed by atoms with van der Waals surface area (Å²) in [5.74, 6) is -0.357. The summed E-state index contributed by atoms with van der Waals surface area (Å²) in [6.45, 7) is 5.97. The summed E-state index contributed by atoms with van der Waals surface area (Å²) in [4.78, 5) is 32.0. The Morgan fingerprint density at radius 1 is 1.24 bits per heavy atom. The zero-order chi connectivity index (χ0) is 20.5. The van der Waals surface area contributed by atoms with Crippen molar-refractivity contribution in [3.63, 3.8) is 0 Å². The van der Waals surface area contributed by atoms with Crippen LogP contribution >= 0.6 is 11.8 Å². The highest BCUT2D eigenvalue weighted by atomic mass is 32.2. The Bertz CT molecular complexity index is 929. The van der Waals surface area contributed by atoms with Gasteiger partial charge in [-0.2, -0.15) is 0 Å².